The molecular formula is C24H28N4O3. The predicted octanol–water partition coefficient (Wildman–Crippen LogP) is 1.84. The number of aromatic nitrogens is 1. The molecule has 2 aromatic rings. The van der Waals surface area contributed by atoms with Crippen LogP contribution in [0.25, 0.3) is 0 Å². The van der Waals surface area contributed by atoms with Gasteiger partial charge in [0.15, 0.2) is 0 Å². The zero-order valence-electron chi connectivity index (χ0n) is 17.8. The molecule has 1 unspecified atom stereocenters. The molecular weight excluding hydrogens is 392 g/mol. The van der Waals surface area contributed by atoms with E-state index in [-0.39, 0.29) is 17.9 Å². The van der Waals surface area contributed by atoms with Gasteiger partial charge in [-0.3, -0.25) is 14.6 Å². The summed E-state index contributed by atoms with van der Waals surface area (Å²) in [6, 6.07) is 11.8. The van der Waals surface area contributed by atoms with Crippen LogP contribution in [-0.2, 0) is 17.8 Å². The van der Waals surface area contributed by atoms with Gasteiger partial charge in [-0.1, -0.05) is 6.07 Å². The molecule has 0 spiro atoms. The molecule has 31 heavy (non-hydrogen) atoms. The van der Waals surface area contributed by atoms with Crippen molar-refractivity contribution >= 4 is 17.5 Å². The maximum absolute atomic E-state index is 13.0. The highest BCUT2D eigenvalue weighted by Crippen LogP contribution is 2.37. The van der Waals surface area contributed by atoms with Crippen LogP contribution < -0.4 is 4.90 Å². The number of benzene rings is 1. The molecule has 3 aliphatic rings. The molecule has 1 saturated heterocycles. The third-order valence-electron chi connectivity index (χ3n) is 6.75. The van der Waals surface area contributed by atoms with E-state index in [0.717, 1.165) is 30.9 Å². The Bertz CT molecular complexity index is 1000. The number of piperazine rings is 1. The number of amides is 2. The number of rotatable bonds is 3. The molecule has 1 N–H and O–H groups in total. The van der Waals surface area contributed by atoms with Crippen molar-refractivity contribution in [2.45, 2.75) is 44.4 Å². The van der Waals surface area contributed by atoms with Crippen LogP contribution in [0.4, 0.5) is 5.69 Å². The summed E-state index contributed by atoms with van der Waals surface area (Å²) in [5.41, 5.74) is 3.03. The summed E-state index contributed by atoms with van der Waals surface area (Å²) >= 11 is 0. The molecule has 0 bridgehead atoms. The number of fused-ring (bicyclic) bond motifs is 1. The summed E-state index contributed by atoms with van der Waals surface area (Å²) in [4.78, 5) is 35.8. The maximum Gasteiger partial charge on any atom is 0.254 e. The first-order valence-electron chi connectivity index (χ1n) is 11.1. The molecule has 2 aliphatic heterocycles. The molecule has 7 heteroatoms. The molecule has 2 fully saturated rings. The van der Waals surface area contributed by atoms with Crippen LogP contribution in [0.2, 0.25) is 0 Å². The smallest absolute Gasteiger partial charge is 0.254 e. The quantitative estimate of drug-likeness (QED) is 0.820. The van der Waals surface area contributed by atoms with Gasteiger partial charge in [0, 0.05) is 49.7 Å². The lowest BCUT2D eigenvalue weighted by Gasteiger charge is -2.40. The van der Waals surface area contributed by atoms with Crippen LogP contribution in [0.1, 0.15) is 41.4 Å². The molecule has 162 valence electrons. The number of aliphatic hydroxyl groups is 1. The standard InChI is InChI=1S/C24H28N4O3/c1-17-15-27(13-14-28(17)23(30)24(31)9-10-24)22(29)19-4-6-20(7-5-19)26-12-8-18-3-2-11-25-21(18)16-26/h2-7,11,17,31H,8-10,12-16H2,1H3. The predicted molar refractivity (Wildman–Crippen MR) is 117 cm³/mol. The summed E-state index contributed by atoms with van der Waals surface area (Å²) in [6.45, 7) is 5.09. The molecule has 1 saturated carbocycles. The number of carbonyl (C=O) groups is 2. The van der Waals surface area contributed by atoms with Crippen LogP contribution in [0.3, 0.4) is 0 Å². The number of hydrogen-bond acceptors (Lipinski definition) is 5. The molecule has 1 aromatic carbocycles. The first kappa shape index (κ1) is 20.0. The SMILES string of the molecule is CC1CN(C(=O)c2ccc(N3CCc4cccnc4C3)cc2)CCN1C(=O)C1(O)CC1. The highest BCUT2D eigenvalue weighted by molar-refractivity contribution is 5.95. The zero-order chi connectivity index (χ0) is 21.6. The highest BCUT2D eigenvalue weighted by atomic mass is 16.3. The molecule has 1 aliphatic carbocycles. The minimum Gasteiger partial charge on any atom is -0.380 e. The number of hydrogen-bond donors (Lipinski definition) is 1. The summed E-state index contributed by atoms with van der Waals surface area (Å²) in [5.74, 6) is -0.199. The number of nitrogens with zero attached hydrogens (tertiary/aromatic N) is 4. The normalized spacial score (nSPS) is 22.1. The zero-order valence-corrected chi connectivity index (χ0v) is 17.8. The molecule has 1 atom stereocenters. The molecule has 2 amide bonds. The van der Waals surface area contributed by atoms with Gasteiger partial charge in [0.05, 0.1) is 12.2 Å². The van der Waals surface area contributed by atoms with Crippen molar-refractivity contribution in [2.75, 3.05) is 31.1 Å². The minimum absolute atomic E-state index is 0.0127. The summed E-state index contributed by atoms with van der Waals surface area (Å²) in [7, 11) is 0. The van der Waals surface area contributed by atoms with E-state index < -0.39 is 5.60 Å². The largest absolute Gasteiger partial charge is 0.380 e. The Hall–Kier alpha value is -2.93. The highest BCUT2D eigenvalue weighted by Gasteiger charge is 2.51. The fourth-order valence-electron chi connectivity index (χ4n) is 4.62. The average Bonchev–Trinajstić information content (AvgIpc) is 3.56. The van der Waals surface area contributed by atoms with Gasteiger partial charge in [-0.2, -0.15) is 0 Å². The summed E-state index contributed by atoms with van der Waals surface area (Å²) in [5, 5.41) is 10.1. The monoisotopic (exact) mass is 420 g/mol. The van der Waals surface area contributed by atoms with E-state index in [2.05, 4.69) is 16.0 Å². The summed E-state index contributed by atoms with van der Waals surface area (Å²) in [6.07, 6.45) is 3.90. The van der Waals surface area contributed by atoms with Crippen molar-refractivity contribution in [3.05, 3.63) is 59.4 Å². The van der Waals surface area contributed by atoms with Crippen molar-refractivity contribution in [1.29, 1.82) is 0 Å². The second kappa shape index (κ2) is 7.64. The van der Waals surface area contributed by atoms with Crippen molar-refractivity contribution in [3.8, 4) is 0 Å². The van der Waals surface area contributed by atoms with Crippen LogP contribution in [0, 0.1) is 0 Å². The Morgan fingerprint density at radius 3 is 2.58 bits per heavy atom. The topological polar surface area (TPSA) is 77.0 Å². The van der Waals surface area contributed by atoms with Gasteiger partial charge in [-0.25, -0.2) is 0 Å². The van der Waals surface area contributed by atoms with Crippen molar-refractivity contribution < 1.29 is 14.7 Å². The fourth-order valence-corrected chi connectivity index (χ4v) is 4.62. The molecule has 0 radical (unpaired) electrons. The average molecular weight is 421 g/mol. The first-order chi connectivity index (χ1) is 14.9. The van der Waals surface area contributed by atoms with E-state index in [1.165, 1.54) is 5.56 Å². The van der Waals surface area contributed by atoms with Gasteiger partial charge < -0.3 is 19.8 Å². The second-order valence-electron chi connectivity index (χ2n) is 8.96. The Morgan fingerprint density at radius 2 is 1.87 bits per heavy atom. The molecule has 1 aromatic heterocycles. The Labute approximate surface area is 182 Å². The van der Waals surface area contributed by atoms with Crippen LogP contribution in [0.15, 0.2) is 42.6 Å². The van der Waals surface area contributed by atoms with E-state index in [4.69, 9.17) is 0 Å². The Kier molecular flexibility index (Phi) is 4.93. The summed E-state index contributed by atoms with van der Waals surface area (Å²) < 4.78 is 0. The van der Waals surface area contributed by atoms with Gasteiger partial charge in [0.2, 0.25) is 0 Å². The molecule has 5 rings (SSSR count). The lowest BCUT2D eigenvalue weighted by atomic mass is 10.0. The molecule has 3 heterocycles. The second-order valence-corrected chi connectivity index (χ2v) is 8.96. The van der Waals surface area contributed by atoms with Crippen LogP contribution in [-0.4, -0.2) is 69.5 Å². The minimum atomic E-state index is -1.15. The third kappa shape index (κ3) is 3.78. The first-order valence-corrected chi connectivity index (χ1v) is 11.1. The maximum atomic E-state index is 13.0. The fraction of sp³-hybridized carbons (Fsp3) is 0.458. The lowest BCUT2D eigenvalue weighted by molar-refractivity contribution is -0.146. The van der Waals surface area contributed by atoms with Gasteiger partial charge >= 0.3 is 0 Å². The Balaban J connectivity index is 1.22. The Morgan fingerprint density at radius 1 is 1.10 bits per heavy atom. The van der Waals surface area contributed by atoms with Crippen molar-refractivity contribution in [1.82, 2.24) is 14.8 Å². The molecule has 7 nitrogen and oxygen atoms in total. The van der Waals surface area contributed by atoms with Gasteiger partial charge in [0.1, 0.15) is 5.60 Å². The van der Waals surface area contributed by atoms with Crippen LogP contribution in [0.5, 0.6) is 0 Å². The number of anilines is 1. The number of carbonyl (C=O) groups excluding carboxylic acids is 2. The van der Waals surface area contributed by atoms with E-state index >= 15 is 0 Å². The lowest BCUT2D eigenvalue weighted by Crippen LogP contribution is -2.57. The van der Waals surface area contributed by atoms with Gasteiger partial charge in [0.25, 0.3) is 11.8 Å². The van der Waals surface area contributed by atoms with E-state index in [1.807, 2.05) is 48.4 Å². The van der Waals surface area contributed by atoms with E-state index in [0.29, 0.717) is 38.0 Å². The van der Waals surface area contributed by atoms with Crippen molar-refractivity contribution in [3.63, 3.8) is 0 Å². The van der Waals surface area contributed by atoms with Crippen molar-refractivity contribution in [2.24, 2.45) is 0 Å². The van der Waals surface area contributed by atoms with Crippen LogP contribution >= 0.6 is 0 Å². The van der Waals surface area contributed by atoms with Gasteiger partial charge in [-0.15, -0.1) is 0 Å². The van der Waals surface area contributed by atoms with E-state index in [1.54, 1.807) is 4.90 Å². The van der Waals surface area contributed by atoms with Gasteiger partial charge in [-0.05, 0) is 62.1 Å². The van der Waals surface area contributed by atoms with E-state index in [9.17, 15) is 14.7 Å². The number of pyridine rings is 1. The third-order valence-corrected chi connectivity index (χ3v) is 6.75.